The topological polar surface area (TPSA) is 35.6 Å². The number of piperazine rings is 1. The van der Waals surface area contributed by atoms with Gasteiger partial charge in [0, 0.05) is 44.8 Å². The molecule has 1 saturated heterocycles. The van der Waals surface area contributed by atoms with Crippen LogP contribution in [0.15, 0.2) is 54.6 Å². The number of nitrogens with one attached hydrogen (secondary N) is 1. The van der Waals surface area contributed by atoms with Gasteiger partial charge in [0.05, 0.1) is 11.6 Å². The van der Waals surface area contributed by atoms with E-state index >= 15 is 0 Å². The number of anilines is 1. The molecule has 7 heteroatoms. The molecule has 1 atom stereocenters. The molecule has 1 aliphatic rings. The lowest BCUT2D eigenvalue weighted by Gasteiger charge is -2.36. The number of hydrogen-bond donors (Lipinski definition) is 1. The molecular formula is C22H26F3N3O. The number of hydrogen-bond acceptors (Lipinski definition) is 3. The van der Waals surface area contributed by atoms with Gasteiger partial charge in [0.15, 0.2) is 0 Å². The fourth-order valence-corrected chi connectivity index (χ4v) is 3.51. The van der Waals surface area contributed by atoms with Crippen molar-refractivity contribution in [3.05, 3.63) is 65.7 Å². The minimum atomic E-state index is -4.33. The summed E-state index contributed by atoms with van der Waals surface area (Å²) in [6.45, 7) is 5.33. The highest BCUT2D eigenvalue weighted by Crippen LogP contribution is 2.31. The minimum Gasteiger partial charge on any atom is -0.369 e. The molecular weight excluding hydrogens is 379 g/mol. The van der Waals surface area contributed by atoms with Crippen molar-refractivity contribution in [2.24, 2.45) is 0 Å². The molecule has 0 bridgehead atoms. The van der Waals surface area contributed by atoms with E-state index in [1.54, 1.807) is 6.07 Å². The molecule has 2 aromatic carbocycles. The van der Waals surface area contributed by atoms with Crippen molar-refractivity contribution in [2.45, 2.75) is 25.6 Å². The van der Waals surface area contributed by atoms with E-state index in [0.717, 1.165) is 24.7 Å². The van der Waals surface area contributed by atoms with Gasteiger partial charge in [0.1, 0.15) is 0 Å². The molecule has 4 nitrogen and oxygen atoms in total. The Balaban J connectivity index is 1.44. The van der Waals surface area contributed by atoms with Crippen LogP contribution in [-0.4, -0.2) is 43.5 Å². The SMILES string of the molecule is CC(NC(=O)CCN1CCN(c2cccc(C(F)(F)F)c2)CC1)c1ccccc1. The van der Waals surface area contributed by atoms with E-state index in [-0.39, 0.29) is 11.9 Å². The summed E-state index contributed by atoms with van der Waals surface area (Å²) < 4.78 is 38.7. The molecule has 1 fully saturated rings. The van der Waals surface area contributed by atoms with Crippen LogP contribution in [0.1, 0.15) is 30.5 Å². The highest BCUT2D eigenvalue weighted by Gasteiger charge is 2.31. The third kappa shape index (κ3) is 5.97. The Kier molecular flexibility index (Phi) is 6.79. The maximum atomic E-state index is 12.9. The first-order valence-electron chi connectivity index (χ1n) is 9.82. The van der Waals surface area contributed by atoms with Crippen molar-refractivity contribution in [2.75, 3.05) is 37.6 Å². The second kappa shape index (κ2) is 9.31. The summed E-state index contributed by atoms with van der Waals surface area (Å²) in [6, 6.07) is 15.2. The normalized spacial score (nSPS) is 16.5. The number of halogens is 3. The Labute approximate surface area is 169 Å². The van der Waals surface area contributed by atoms with E-state index in [1.165, 1.54) is 12.1 Å². The lowest BCUT2D eigenvalue weighted by atomic mass is 10.1. The van der Waals surface area contributed by atoms with Crippen LogP contribution in [0.25, 0.3) is 0 Å². The van der Waals surface area contributed by atoms with Gasteiger partial charge in [-0.25, -0.2) is 0 Å². The zero-order valence-electron chi connectivity index (χ0n) is 16.5. The largest absolute Gasteiger partial charge is 0.416 e. The number of alkyl halides is 3. The number of carbonyl (C=O) groups is 1. The first-order valence-corrected chi connectivity index (χ1v) is 9.82. The molecule has 0 spiro atoms. The number of rotatable bonds is 6. The van der Waals surface area contributed by atoms with Gasteiger partial charge in [-0.3, -0.25) is 9.69 Å². The molecule has 0 radical (unpaired) electrons. The van der Waals surface area contributed by atoms with E-state index < -0.39 is 11.7 Å². The molecule has 1 N–H and O–H groups in total. The van der Waals surface area contributed by atoms with E-state index in [9.17, 15) is 18.0 Å². The van der Waals surface area contributed by atoms with Crippen LogP contribution >= 0.6 is 0 Å². The Morgan fingerprint density at radius 2 is 1.72 bits per heavy atom. The molecule has 1 aliphatic heterocycles. The van der Waals surface area contributed by atoms with Gasteiger partial charge >= 0.3 is 6.18 Å². The molecule has 1 amide bonds. The van der Waals surface area contributed by atoms with Gasteiger partial charge in [-0.15, -0.1) is 0 Å². The van der Waals surface area contributed by atoms with Crippen molar-refractivity contribution in [1.82, 2.24) is 10.2 Å². The molecule has 1 heterocycles. The van der Waals surface area contributed by atoms with Gasteiger partial charge in [-0.1, -0.05) is 36.4 Å². The van der Waals surface area contributed by atoms with Crippen molar-refractivity contribution in [3.8, 4) is 0 Å². The fraction of sp³-hybridized carbons (Fsp3) is 0.409. The first kappa shape index (κ1) is 21.2. The molecule has 2 aromatic rings. The van der Waals surface area contributed by atoms with Gasteiger partial charge in [-0.05, 0) is 30.7 Å². The molecule has 0 aliphatic carbocycles. The summed E-state index contributed by atoms with van der Waals surface area (Å²) in [5, 5.41) is 3.01. The lowest BCUT2D eigenvalue weighted by molar-refractivity contribution is -0.137. The number of carbonyl (C=O) groups excluding carboxylic acids is 1. The van der Waals surface area contributed by atoms with Crippen molar-refractivity contribution < 1.29 is 18.0 Å². The standard InChI is InChI=1S/C22H26F3N3O/c1-17(18-6-3-2-4-7-18)26-21(29)10-11-27-12-14-28(15-13-27)20-9-5-8-19(16-20)22(23,24)25/h2-9,16-17H,10-15H2,1H3,(H,26,29). The Morgan fingerprint density at radius 1 is 1.03 bits per heavy atom. The average molecular weight is 405 g/mol. The van der Waals surface area contributed by atoms with E-state index in [1.807, 2.05) is 42.2 Å². The number of amides is 1. The summed E-state index contributed by atoms with van der Waals surface area (Å²) in [5.41, 5.74) is 1.03. The molecule has 156 valence electrons. The third-order valence-electron chi connectivity index (χ3n) is 5.24. The van der Waals surface area contributed by atoms with E-state index in [4.69, 9.17) is 0 Å². The summed E-state index contributed by atoms with van der Waals surface area (Å²) >= 11 is 0. The summed E-state index contributed by atoms with van der Waals surface area (Å²) in [5.74, 6) is 0.00154. The van der Waals surface area contributed by atoms with Crippen LogP contribution in [0, 0.1) is 0 Å². The molecule has 0 saturated carbocycles. The molecule has 0 aromatic heterocycles. The zero-order valence-corrected chi connectivity index (χ0v) is 16.5. The van der Waals surface area contributed by atoms with Crippen molar-refractivity contribution in [3.63, 3.8) is 0 Å². The lowest BCUT2D eigenvalue weighted by Crippen LogP contribution is -2.47. The maximum absolute atomic E-state index is 12.9. The summed E-state index contributed by atoms with van der Waals surface area (Å²) in [4.78, 5) is 16.4. The van der Waals surface area contributed by atoms with Crippen LogP contribution in [0.5, 0.6) is 0 Å². The second-order valence-corrected chi connectivity index (χ2v) is 7.33. The third-order valence-corrected chi connectivity index (χ3v) is 5.24. The van der Waals surface area contributed by atoms with Crippen LogP contribution in [0.2, 0.25) is 0 Å². The average Bonchev–Trinajstić information content (AvgIpc) is 2.73. The zero-order chi connectivity index (χ0) is 20.9. The number of nitrogens with zero attached hydrogens (tertiary/aromatic N) is 2. The monoisotopic (exact) mass is 405 g/mol. The quantitative estimate of drug-likeness (QED) is 0.786. The minimum absolute atomic E-state index is 0.00154. The smallest absolute Gasteiger partial charge is 0.369 e. The first-order chi connectivity index (χ1) is 13.8. The van der Waals surface area contributed by atoms with Crippen LogP contribution in [0.4, 0.5) is 18.9 Å². The molecule has 29 heavy (non-hydrogen) atoms. The predicted octanol–water partition coefficient (Wildman–Crippen LogP) is 4.09. The highest BCUT2D eigenvalue weighted by atomic mass is 19.4. The highest BCUT2D eigenvalue weighted by molar-refractivity contribution is 5.76. The maximum Gasteiger partial charge on any atom is 0.416 e. The van der Waals surface area contributed by atoms with Crippen LogP contribution in [0.3, 0.4) is 0 Å². The molecule has 1 unspecified atom stereocenters. The van der Waals surface area contributed by atoms with Crippen LogP contribution < -0.4 is 10.2 Å². The summed E-state index contributed by atoms with van der Waals surface area (Å²) in [6.07, 6.45) is -3.93. The van der Waals surface area contributed by atoms with Crippen LogP contribution in [-0.2, 0) is 11.0 Å². The van der Waals surface area contributed by atoms with E-state index in [0.29, 0.717) is 31.7 Å². The summed E-state index contributed by atoms with van der Waals surface area (Å²) in [7, 11) is 0. The van der Waals surface area contributed by atoms with Crippen molar-refractivity contribution >= 4 is 11.6 Å². The van der Waals surface area contributed by atoms with Crippen molar-refractivity contribution in [1.29, 1.82) is 0 Å². The van der Waals surface area contributed by atoms with Gasteiger partial charge in [0.25, 0.3) is 0 Å². The fourth-order valence-electron chi connectivity index (χ4n) is 3.51. The molecule has 3 rings (SSSR count). The second-order valence-electron chi connectivity index (χ2n) is 7.33. The predicted molar refractivity (Wildman–Crippen MR) is 108 cm³/mol. The Bertz CT molecular complexity index is 802. The Morgan fingerprint density at radius 3 is 2.38 bits per heavy atom. The Hall–Kier alpha value is -2.54. The van der Waals surface area contributed by atoms with Gasteiger partial charge < -0.3 is 10.2 Å². The van der Waals surface area contributed by atoms with Gasteiger partial charge in [-0.2, -0.15) is 13.2 Å². The van der Waals surface area contributed by atoms with E-state index in [2.05, 4.69) is 10.2 Å². The van der Waals surface area contributed by atoms with Gasteiger partial charge in [0.2, 0.25) is 5.91 Å². The number of benzene rings is 2.